The van der Waals surface area contributed by atoms with Gasteiger partial charge in [-0.05, 0) is 114 Å². The molecule has 1 aromatic heterocycles. The Morgan fingerprint density at radius 3 is 2.38 bits per heavy atom. The van der Waals surface area contributed by atoms with E-state index in [2.05, 4.69) is 15.6 Å². The summed E-state index contributed by atoms with van der Waals surface area (Å²) in [6.07, 6.45) is 9.94. The molecule has 4 aliphatic rings. The van der Waals surface area contributed by atoms with Gasteiger partial charge < -0.3 is 34.7 Å². The van der Waals surface area contributed by atoms with Crippen molar-refractivity contribution >= 4 is 40.5 Å². The minimum atomic E-state index is -0.698. The molecule has 3 amide bonds. The summed E-state index contributed by atoms with van der Waals surface area (Å²) in [5.41, 5.74) is 1.06. The number of alkyl carbamates (subject to hydrolysis) is 1. The maximum absolute atomic E-state index is 14.2. The van der Waals surface area contributed by atoms with Gasteiger partial charge in [-0.3, -0.25) is 9.59 Å². The standard InChI is InChI=1S/C40H57FN4O7/c1-40(2,3)52-39(49)44-34(23-41)27-9-11-28(12-10-27)37(47)45-18-15-31(26-7-5-4-6-8-26)35(45)36(46)42-30-13-14-32-29(21-30)22-33(43-32)38(48)51-24-25-16-19-50-20-17-25/h13-14,21-22,25-28,31,34-35,43H,4-12,15-20,23-24H2,1-3H3,(H,42,46)(H,44,49)/t27-,28-,31-,34+,35-/m0/s1. The number of aromatic nitrogens is 1. The molecule has 12 heteroatoms. The summed E-state index contributed by atoms with van der Waals surface area (Å²) in [6.45, 7) is 6.90. The smallest absolute Gasteiger partial charge is 0.407 e. The number of nitrogens with zero attached hydrogens (tertiary/aromatic N) is 1. The Bertz CT molecular complexity index is 1550. The highest BCUT2D eigenvalue weighted by atomic mass is 19.1. The van der Waals surface area contributed by atoms with Crippen LogP contribution >= 0.6 is 0 Å². The van der Waals surface area contributed by atoms with E-state index in [1.54, 1.807) is 26.8 Å². The highest BCUT2D eigenvalue weighted by Crippen LogP contribution is 2.41. The maximum atomic E-state index is 14.2. The molecule has 3 heterocycles. The molecule has 3 atom stereocenters. The lowest BCUT2D eigenvalue weighted by Gasteiger charge is -2.37. The van der Waals surface area contributed by atoms with E-state index in [1.165, 1.54) is 6.42 Å². The molecule has 3 N–H and O–H groups in total. The zero-order chi connectivity index (χ0) is 36.8. The first-order chi connectivity index (χ1) is 25.0. The third-order valence-corrected chi connectivity index (χ3v) is 11.7. The van der Waals surface area contributed by atoms with Crippen LogP contribution in [0.1, 0.15) is 108 Å². The van der Waals surface area contributed by atoms with Crippen LogP contribution in [0.2, 0.25) is 0 Å². The summed E-state index contributed by atoms with van der Waals surface area (Å²) < 4.78 is 30.4. The van der Waals surface area contributed by atoms with Gasteiger partial charge in [-0.15, -0.1) is 0 Å². The van der Waals surface area contributed by atoms with Crippen molar-refractivity contribution in [1.29, 1.82) is 0 Å². The fourth-order valence-corrected chi connectivity index (χ4v) is 8.92. The lowest BCUT2D eigenvalue weighted by Crippen LogP contribution is -2.50. The predicted octanol–water partition coefficient (Wildman–Crippen LogP) is 7.16. The molecular weight excluding hydrogens is 667 g/mol. The lowest BCUT2D eigenvalue weighted by molar-refractivity contribution is -0.142. The first kappa shape index (κ1) is 38.1. The van der Waals surface area contributed by atoms with Gasteiger partial charge in [0.05, 0.1) is 12.6 Å². The van der Waals surface area contributed by atoms with E-state index >= 15 is 0 Å². The van der Waals surface area contributed by atoms with Crippen LogP contribution in [0.3, 0.4) is 0 Å². The van der Waals surface area contributed by atoms with E-state index in [4.69, 9.17) is 14.2 Å². The van der Waals surface area contributed by atoms with Crippen LogP contribution in [0.15, 0.2) is 24.3 Å². The van der Waals surface area contributed by atoms with Gasteiger partial charge in [-0.25, -0.2) is 14.0 Å². The predicted molar refractivity (Wildman–Crippen MR) is 196 cm³/mol. The average molecular weight is 725 g/mol. The molecule has 0 unspecified atom stereocenters. The zero-order valence-corrected chi connectivity index (χ0v) is 31.1. The van der Waals surface area contributed by atoms with Crippen molar-refractivity contribution in [3.05, 3.63) is 30.0 Å². The number of benzene rings is 1. The van der Waals surface area contributed by atoms with Crippen molar-refractivity contribution in [1.82, 2.24) is 15.2 Å². The largest absolute Gasteiger partial charge is 0.461 e. The second kappa shape index (κ2) is 17.0. The summed E-state index contributed by atoms with van der Waals surface area (Å²) in [4.78, 5) is 58.6. The quantitative estimate of drug-likeness (QED) is 0.221. The number of aromatic amines is 1. The number of hydrogen-bond acceptors (Lipinski definition) is 7. The Morgan fingerprint density at radius 1 is 0.962 bits per heavy atom. The molecular formula is C40H57FN4O7. The van der Waals surface area contributed by atoms with E-state index in [9.17, 15) is 23.6 Å². The van der Waals surface area contributed by atoms with Crippen molar-refractivity contribution in [3.8, 4) is 0 Å². The number of hydrogen-bond donors (Lipinski definition) is 3. The van der Waals surface area contributed by atoms with Gasteiger partial charge in [0.1, 0.15) is 24.0 Å². The molecule has 6 rings (SSSR count). The van der Waals surface area contributed by atoms with Crippen molar-refractivity contribution in [2.45, 2.75) is 116 Å². The minimum Gasteiger partial charge on any atom is -0.461 e. The molecule has 0 bridgehead atoms. The van der Waals surface area contributed by atoms with E-state index < -0.39 is 36.4 Å². The van der Waals surface area contributed by atoms with Crippen molar-refractivity contribution in [3.63, 3.8) is 0 Å². The number of anilines is 1. The van der Waals surface area contributed by atoms with Gasteiger partial charge in [0, 0.05) is 42.3 Å². The Labute approximate surface area is 306 Å². The summed E-state index contributed by atoms with van der Waals surface area (Å²) in [7, 11) is 0. The number of likely N-dealkylation sites (tertiary alicyclic amines) is 1. The third-order valence-electron chi connectivity index (χ3n) is 11.7. The molecule has 4 fully saturated rings. The highest BCUT2D eigenvalue weighted by Gasteiger charge is 2.47. The van der Waals surface area contributed by atoms with Crippen LogP contribution in [0.4, 0.5) is 14.9 Å². The monoisotopic (exact) mass is 724 g/mol. The second-order valence-electron chi connectivity index (χ2n) is 16.5. The van der Waals surface area contributed by atoms with E-state index in [-0.39, 0.29) is 29.6 Å². The van der Waals surface area contributed by atoms with Gasteiger partial charge in [0.15, 0.2) is 0 Å². The van der Waals surface area contributed by atoms with E-state index in [0.717, 1.165) is 55.8 Å². The number of fused-ring (bicyclic) bond motifs is 1. The van der Waals surface area contributed by atoms with Gasteiger partial charge in [-0.2, -0.15) is 0 Å². The Hall–Kier alpha value is -3.67. The number of carbonyl (C=O) groups is 4. The van der Waals surface area contributed by atoms with E-state index in [1.807, 2.05) is 23.1 Å². The molecule has 2 aromatic rings. The Balaban J connectivity index is 1.10. The summed E-state index contributed by atoms with van der Waals surface area (Å²) in [5.74, 6) is -0.144. The molecule has 2 saturated heterocycles. The number of alkyl halides is 1. The SMILES string of the molecule is CC(C)(C)OC(=O)N[C@H](CF)[C@H]1CC[C@H](C(=O)N2CC[C@@H](C3CCCCC3)[C@H]2C(=O)Nc2ccc3[nH]c(C(=O)OCC4CCOCC4)cc3c2)CC1. The molecule has 2 aliphatic carbocycles. The van der Waals surface area contributed by atoms with Crippen molar-refractivity contribution in [2.75, 3.05) is 38.4 Å². The number of esters is 1. The first-order valence-corrected chi connectivity index (χ1v) is 19.5. The van der Waals surface area contributed by atoms with Gasteiger partial charge in [0.2, 0.25) is 11.8 Å². The van der Waals surface area contributed by atoms with Gasteiger partial charge in [-0.1, -0.05) is 32.1 Å². The number of amides is 3. The fourth-order valence-electron chi connectivity index (χ4n) is 8.92. The third kappa shape index (κ3) is 9.46. The maximum Gasteiger partial charge on any atom is 0.407 e. The molecule has 52 heavy (non-hydrogen) atoms. The fraction of sp³-hybridized carbons (Fsp3) is 0.700. The molecule has 286 valence electrons. The number of carbonyl (C=O) groups excluding carboxylic acids is 4. The average Bonchev–Trinajstić information content (AvgIpc) is 3.78. The number of halogens is 1. The van der Waals surface area contributed by atoms with Gasteiger partial charge in [0.25, 0.3) is 0 Å². The van der Waals surface area contributed by atoms with Crippen LogP contribution < -0.4 is 10.6 Å². The molecule has 1 aromatic carbocycles. The van der Waals surface area contributed by atoms with Gasteiger partial charge >= 0.3 is 12.1 Å². The van der Waals surface area contributed by atoms with Crippen LogP contribution in [0, 0.1) is 29.6 Å². The molecule has 0 radical (unpaired) electrons. The summed E-state index contributed by atoms with van der Waals surface area (Å²) >= 11 is 0. The number of nitrogens with one attached hydrogen (secondary N) is 3. The van der Waals surface area contributed by atoms with Crippen LogP contribution in [0.5, 0.6) is 0 Å². The van der Waals surface area contributed by atoms with Crippen LogP contribution in [0.25, 0.3) is 10.9 Å². The van der Waals surface area contributed by atoms with Crippen molar-refractivity contribution < 1.29 is 37.8 Å². The molecule has 2 saturated carbocycles. The number of ether oxygens (including phenoxy) is 3. The topological polar surface area (TPSA) is 139 Å². The number of H-pyrrole nitrogens is 1. The number of rotatable bonds is 10. The normalized spacial score (nSPS) is 25.4. The second-order valence-corrected chi connectivity index (χ2v) is 16.5. The summed E-state index contributed by atoms with van der Waals surface area (Å²) in [6, 6.07) is 6.03. The molecule has 11 nitrogen and oxygen atoms in total. The van der Waals surface area contributed by atoms with E-state index in [0.29, 0.717) is 75.3 Å². The first-order valence-electron chi connectivity index (χ1n) is 19.5. The van der Waals surface area contributed by atoms with Crippen LogP contribution in [-0.4, -0.2) is 84.5 Å². The molecule has 0 spiro atoms. The zero-order valence-electron chi connectivity index (χ0n) is 31.1. The Morgan fingerprint density at radius 2 is 1.69 bits per heavy atom. The van der Waals surface area contributed by atoms with Crippen LogP contribution in [-0.2, 0) is 23.8 Å². The lowest BCUT2D eigenvalue weighted by atomic mass is 9.76. The summed E-state index contributed by atoms with van der Waals surface area (Å²) in [5, 5.41) is 6.62. The molecule has 2 aliphatic heterocycles. The Kier molecular flexibility index (Phi) is 12.4. The highest BCUT2D eigenvalue weighted by molar-refractivity contribution is 6.01. The minimum absolute atomic E-state index is 0.00111. The van der Waals surface area contributed by atoms with Crippen molar-refractivity contribution in [2.24, 2.45) is 29.6 Å².